The van der Waals surface area contributed by atoms with E-state index in [9.17, 15) is 9.59 Å². The Morgan fingerprint density at radius 1 is 0.824 bits per heavy atom. The van der Waals surface area contributed by atoms with E-state index in [1.54, 1.807) is 49.2 Å². The molecular formula is C51H81NO15S. The van der Waals surface area contributed by atoms with Gasteiger partial charge in [0.2, 0.25) is 0 Å². The highest BCUT2D eigenvalue weighted by molar-refractivity contribution is 7.99. The number of likely N-dealkylation sites (N-methyl/N-ethyl adjacent to an activating group) is 1. The number of hydrogen-bond acceptors (Lipinski definition) is 17. The van der Waals surface area contributed by atoms with Gasteiger partial charge in [-0.1, -0.05) is 39.8 Å². The SMILES string of the molecule is CC[C@H]1OC(=O)[C@H](C)[C@@H](O[C@H]2C[C@@](C)(OC)[C@@H](OC(C)=O)[C@H](C)O2)[C@H](C)[C@@H](O[C@@H]2O[C@H](C)C[C@H](N(C)C)[C@H]2OC)[C@](C)(OC)C[C@@H](C)C(=O)[C@H](C)[C@H]2C(SCc3ccc(OC)cc3)C(=O)O[C@@]21C. The van der Waals surface area contributed by atoms with Crippen LogP contribution >= 0.6 is 11.8 Å². The number of esters is 3. The highest BCUT2D eigenvalue weighted by atomic mass is 32.2. The van der Waals surface area contributed by atoms with E-state index in [0.29, 0.717) is 17.9 Å². The van der Waals surface area contributed by atoms with Crippen molar-refractivity contribution in [1.82, 2.24) is 4.90 Å². The minimum absolute atomic E-state index is 0.0696. The molecule has 4 heterocycles. The number of nitrogens with zero attached hydrogens (tertiary/aromatic N) is 1. The third-order valence-corrected chi connectivity index (χ3v) is 16.7. The number of methoxy groups -OCH3 is 4. The molecule has 0 saturated carbocycles. The molecule has 0 aliphatic carbocycles. The second-order valence-electron chi connectivity index (χ2n) is 20.5. The number of rotatable bonds is 14. The Kier molecular flexibility index (Phi) is 19.1. The van der Waals surface area contributed by atoms with Crippen molar-refractivity contribution in [3.63, 3.8) is 0 Å². The molecule has 4 saturated heterocycles. The lowest BCUT2D eigenvalue weighted by Gasteiger charge is -2.50. The van der Waals surface area contributed by atoms with Crippen LogP contribution in [0.15, 0.2) is 24.3 Å². The molecule has 4 fully saturated rings. The molecule has 1 aromatic carbocycles. The molecule has 1 aromatic rings. The number of carbonyl (C=O) groups excluding carboxylic acids is 4. The Morgan fingerprint density at radius 3 is 2.01 bits per heavy atom. The van der Waals surface area contributed by atoms with Crippen molar-refractivity contribution in [2.45, 2.75) is 191 Å². The molecule has 68 heavy (non-hydrogen) atoms. The smallest absolute Gasteiger partial charge is 0.320 e. The summed E-state index contributed by atoms with van der Waals surface area (Å²) in [6, 6.07) is 7.55. The van der Waals surface area contributed by atoms with E-state index in [0.717, 1.165) is 5.56 Å². The molecule has 0 aromatic heterocycles. The van der Waals surface area contributed by atoms with Crippen molar-refractivity contribution >= 4 is 35.5 Å². The molecule has 0 spiro atoms. The van der Waals surface area contributed by atoms with Gasteiger partial charge in [0.05, 0.1) is 43.0 Å². The Labute approximate surface area is 409 Å². The predicted octanol–water partition coefficient (Wildman–Crippen LogP) is 6.80. The van der Waals surface area contributed by atoms with Gasteiger partial charge in [-0.25, -0.2) is 0 Å². The van der Waals surface area contributed by atoms with E-state index in [2.05, 4.69) is 4.90 Å². The number of Topliss-reactive ketones (excluding diaryl/α,β-unsaturated/α-hetero) is 1. The molecule has 19 atom stereocenters. The molecule has 16 nitrogen and oxygen atoms in total. The van der Waals surface area contributed by atoms with E-state index in [-0.39, 0.29) is 37.2 Å². The molecule has 0 bridgehead atoms. The average Bonchev–Trinajstić information content (AvgIpc) is 3.56. The summed E-state index contributed by atoms with van der Waals surface area (Å²) >= 11 is 1.41. The van der Waals surface area contributed by atoms with Crippen LogP contribution in [0, 0.1) is 29.6 Å². The molecular weight excluding hydrogens is 899 g/mol. The Bertz CT molecular complexity index is 1870. The fourth-order valence-electron chi connectivity index (χ4n) is 11.4. The number of fused-ring (bicyclic) bond motifs is 1. The van der Waals surface area contributed by atoms with E-state index in [4.69, 9.17) is 52.1 Å². The molecule has 5 rings (SSSR count). The normalized spacial score (nSPS) is 41.9. The lowest BCUT2D eigenvalue weighted by molar-refractivity contribution is -0.321. The standard InChI is InChI=1S/C51H81NO15S/c1-18-37-51(11)39(43(47(56)67-51)68-26-34-19-21-35(57-14)22-20-34)29(4)40(54)27(2)24-49(9,59-16)44(66-48-42(58-15)36(52(12)13)23-28(3)61-48)30(5)41(31(6)46(55)64-37)65-38-25-50(10,60-17)45(32(7)62-38)63-33(8)53/h19-22,27-32,36-39,41-45,48H,18,23-26H2,1-17H3/t27-,28-,29-,30+,31-,32+,36+,37-,38+,39+,41+,42-,43?,44-,45+,48+,49-,50-,51-/m1/s1. The second kappa shape index (κ2) is 23.1. The van der Waals surface area contributed by atoms with Crippen LogP contribution in [0.25, 0.3) is 0 Å². The van der Waals surface area contributed by atoms with Crippen molar-refractivity contribution in [3.8, 4) is 5.75 Å². The van der Waals surface area contributed by atoms with Gasteiger partial charge in [-0.3, -0.25) is 19.2 Å². The Balaban J connectivity index is 1.64. The maximum atomic E-state index is 15.2. The van der Waals surface area contributed by atoms with Crippen LogP contribution in [0.3, 0.4) is 0 Å². The number of ether oxygens (including phenoxy) is 11. The van der Waals surface area contributed by atoms with Crippen molar-refractivity contribution < 1.29 is 71.3 Å². The zero-order valence-electron chi connectivity index (χ0n) is 43.6. The zero-order chi connectivity index (χ0) is 50.6. The fourth-order valence-corrected chi connectivity index (χ4v) is 12.9. The number of cyclic esters (lactones) is 1. The monoisotopic (exact) mass is 980 g/mol. The molecule has 0 amide bonds. The van der Waals surface area contributed by atoms with Crippen LogP contribution in [-0.2, 0) is 72.3 Å². The van der Waals surface area contributed by atoms with Crippen LogP contribution in [0.5, 0.6) is 5.75 Å². The maximum Gasteiger partial charge on any atom is 0.320 e. The van der Waals surface area contributed by atoms with Crippen LogP contribution in [0.2, 0.25) is 0 Å². The molecule has 386 valence electrons. The Morgan fingerprint density at radius 2 is 1.46 bits per heavy atom. The van der Waals surface area contributed by atoms with Crippen molar-refractivity contribution in [1.29, 1.82) is 0 Å². The van der Waals surface area contributed by atoms with E-state index in [1.807, 2.05) is 86.8 Å². The van der Waals surface area contributed by atoms with Crippen LogP contribution in [0.1, 0.15) is 107 Å². The summed E-state index contributed by atoms with van der Waals surface area (Å²) < 4.78 is 70.0. The van der Waals surface area contributed by atoms with Gasteiger partial charge in [0.15, 0.2) is 24.3 Å². The minimum Gasteiger partial charge on any atom is -0.497 e. The number of benzene rings is 1. The first kappa shape index (κ1) is 56.0. The lowest BCUT2D eigenvalue weighted by Crippen LogP contribution is -2.61. The zero-order valence-corrected chi connectivity index (χ0v) is 44.4. The van der Waals surface area contributed by atoms with Gasteiger partial charge in [-0.2, -0.15) is 0 Å². The van der Waals surface area contributed by atoms with Gasteiger partial charge in [-0.15, -0.1) is 11.8 Å². The van der Waals surface area contributed by atoms with Crippen LogP contribution in [-0.4, -0.2) is 155 Å². The molecule has 0 radical (unpaired) electrons. The third-order valence-electron chi connectivity index (χ3n) is 15.3. The number of thioether (sulfide) groups is 1. The van der Waals surface area contributed by atoms with Gasteiger partial charge in [0, 0.05) is 70.1 Å². The third kappa shape index (κ3) is 11.9. The fraction of sp³-hybridized carbons (Fsp3) is 0.804. The molecule has 4 aliphatic heterocycles. The summed E-state index contributed by atoms with van der Waals surface area (Å²) in [5.74, 6) is -4.18. The van der Waals surface area contributed by atoms with E-state index >= 15 is 9.59 Å². The molecule has 1 unspecified atom stereocenters. The first-order chi connectivity index (χ1) is 31.9. The molecule has 4 aliphatic rings. The molecule has 0 N–H and O–H groups in total. The molecule has 17 heteroatoms. The number of ketones is 1. The summed E-state index contributed by atoms with van der Waals surface area (Å²) in [7, 11) is 10.3. The quantitative estimate of drug-likeness (QED) is 0.141. The van der Waals surface area contributed by atoms with Gasteiger partial charge in [-0.05, 0) is 92.6 Å². The highest BCUT2D eigenvalue weighted by Gasteiger charge is 2.62. The first-order valence-electron chi connectivity index (χ1n) is 24.2. The van der Waals surface area contributed by atoms with Crippen molar-refractivity contribution in [3.05, 3.63) is 29.8 Å². The van der Waals surface area contributed by atoms with E-state index < -0.39 is 119 Å². The maximum absolute atomic E-state index is 15.2. The Hall–Kier alpha value is -2.87. The lowest BCUT2D eigenvalue weighted by atomic mass is 9.70. The van der Waals surface area contributed by atoms with Gasteiger partial charge < -0.3 is 57.0 Å². The van der Waals surface area contributed by atoms with Crippen molar-refractivity contribution in [2.24, 2.45) is 29.6 Å². The topological polar surface area (TPSA) is 173 Å². The van der Waals surface area contributed by atoms with Crippen LogP contribution < -0.4 is 4.74 Å². The summed E-state index contributed by atoms with van der Waals surface area (Å²) in [4.78, 5) is 58.8. The average molecular weight is 980 g/mol. The van der Waals surface area contributed by atoms with E-state index in [1.165, 1.54) is 18.7 Å². The summed E-state index contributed by atoms with van der Waals surface area (Å²) in [5, 5.41) is -0.760. The number of hydrogen-bond donors (Lipinski definition) is 0. The van der Waals surface area contributed by atoms with Gasteiger partial charge in [0.25, 0.3) is 0 Å². The summed E-state index contributed by atoms with van der Waals surface area (Å²) in [5.41, 5.74) is -2.66. The predicted molar refractivity (Wildman–Crippen MR) is 255 cm³/mol. The van der Waals surface area contributed by atoms with Gasteiger partial charge in [0.1, 0.15) is 34.6 Å². The van der Waals surface area contributed by atoms with Crippen LogP contribution in [0.4, 0.5) is 0 Å². The summed E-state index contributed by atoms with van der Waals surface area (Å²) in [6.45, 7) is 19.9. The highest BCUT2D eigenvalue weighted by Crippen LogP contribution is 2.50. The van der Waals surface area contributed by atoms with Gasteiger partial charge >= 0.3 is 17.9 Å². The number of carbonyl (C=O) groups is 4. The first-order valence-corrected chi connectivity index (χ1v) is 25.3. The van der Waals surface area contributed by atoms with Crippen molar-refractivity contribution in [2.75, 3.05) is 42.5 Å². The minimum atomic E-state index is -1.38. The second-order valence-corrected chi connectivity index (χ2v) is 21.6. The largest absolute Gasteiger partial charge is 0.497 e. The summed E-state index contributed by atoms with van der Waals surface area (Å²) in [6.07, 6.45) is -5.54.